The van der Waals surface area contributed by atoms with Crippen LogP contribution in [0.1, 0.15) is 21.6 Å². The minimum Gasteiger partial charge on any atom is -0.371 e. The number of amides is 2. The molecule has 1 unspecified atom stereocenters. The number of aryl methyl sites for hydroxylation is 1. The predicted molar refractivity (Wildman–Crippen MR) is 112 cm³/mol. The number of nitrogens with zero attached hydrogens (tertiary/aromatic N) is 1. The van der Waals surface area contributed by atoms with E-state index < -0.39 is 23.7 Å². The van der Waals surface area contributed by atoms with Gasteiger partial charge >= 0.3 is 0 Å². The monoisotopic (exact) mass is 413 g/mol. The van der Waals surface area contributed by atoms with Gasteiger partial charge in [-0.15, -0.1) is 0 Å². The fourth-order valence-electron chi connectivity index (χ4n) is 2.81. The van der Waals surface area contributed by atoms with Gasteiger partial charge in [0.05, 0.1) is 22.6 Å². The van der Waals surface area contributed by atoms with Gasteiger partial charge in [-0.25, -0.2) is 4.39 Å². The van der Waals surface area contributed by atoms with E-state index in [4.69, 9.17) is 11.5 Å². The molecule has 1 atom stereocenters. The van der Waals surface area contributed by atoms with E-state index in [-0.39, 0.29) is 17.7 Å². The molecule has 0 bridgehead atoms. The van der Waals surface area contributed by atoms with Crippen molar-refractivity contribution in [2.24, 2.45) is 11.5 Å². The Morgan fingerprint density at radius 3 is 2.45 bits per heavy atom. The molecule has 1 aromatic heterocycles. The number of halogens is 1. The summed E-state index contributed by atoms with van der Waals surface area (Å²) in [5.41, 5.74) is 12.9. The molecule has 3 aromatic rings. The van der Waals surface area contributed by atoms with Crippen molar-refractivity contribution < 1.29 is 14.0 Å². The summed E-state index contributed by atoms with van der Waals surface area (Å²) >= 11 is 1.19. The molecule has 0 aliphatic heterocycles. The highest BCUT2D eigenvalue weighted by molar-refractivity contribution is 7.10. The number of rotatable bonds is 8. The van der Waals surface area contributed by atoms with Crippen molar-refractivity contribution >= 4 is 39.7 Å². The third-order valence-electron chi connectivity index (χ3n) is 4.21. The number of anilines is 3. The van der Waals surface area contributed by atoms with E-state index in [0.717, 1.165) is 17.3 Å². The lowest BCUT2D eigenvalue weighted by atomic mass is 10.0. The summed E-state index contributed by atoms with van der Waals surface area (Å²) in [4.78, 5) is 23.7. The quantitative estimate of drug-likeness (QED) is 0.452. The molecule has 0 radical (unpaired) electrons. The van der Waals surface area contributed by atoms with Gasteiger partial charge in [-0.05, 0) is 42.2 Å². The van der Waals surface area contributed by atoms with Gasteiger partial charge in [0.2, 0.25) is 5.91 Å². The summed E-state index contributed by atoms with van der Waals surface area (Å²) in [6.07, 6.45) is 0.282. The minimum atomic E-state index is -0.843. The molecule has 0 aliphatic carbocycles. The Labute approximate surface area is 171 Å². The van der Waals surface area contributed by atoms with E-state index >= 15 is 0 Å². The Hall–Kier alpha value is -3.46. The Bertz CT molecular complexity index is 1040. The number of primary amides is 2. The number of hydrogen-bond donors (Lipinski definition) is 4. The first-order valence-electron chi connectivity index (χ1n) is 8.77. The highest BCUT2D eigenvalue weighted by Crippen LogP contribution is 2.29. The van der Waals surface area contributed by atoms with Crippen LogP contribution in [0.2, 0.25) is 0 Å². The van der Waals surface area contributed by atoms with Crippen LogP contribution in [-0.2, 0) is 11.2 Å². The summed E-state index contributed by atoms with van der Waals surface area (Å²) in [7, 11) is 0. The summed E-state index contributed by atoms with van der Waals surface area (Å²) in [6.45, 7) is 1.83. The maximum absolute atomic E-state index is 14.6. The SMILES string of the molecule is Cc1cc(Nc2cc(NC(Cc3ccccc3)C(N)=O)c(F)cc2C(N)=O)sn1. The number of aromatic nitrogens is 1. The van der Waals surface area contributed by atoms with Crippen LogP contribution in [-0.4, -0.2) is 22.2 Å². The second kappa shape index (κ2) is 8.70. The smallest absolute Gasteiger partial charge is 0.250 e. The predicted octanol–water partition coefficient (Wildman–Crippen LogP) is 2.94. The summed E-state index contributed by atoms with van der Waals surface area (Å²) in [5, 5.41) is 6.53. The Balaban J connectivity index is 1.91. The van der Waals surface area contributed by atoms with Crippen molar-refractivity contribution in [2.45, 2.75) is 19.4 Å². The second-order valence-electron chi connectivity index (χ2n) is 6.49. The molecule has 0 spiro atoms. The summed E-state index contributed by atoms with van der Waals surface area (Å²) < 4.78 is 18.8. The average molecular weight is 413 g/mol. The highest BCUT2D eigenvalue weighted by atomic mass is 32.1. The third kappa shape index (κ3) is 5.08. The van der Waals surface area contributed by atoms with Crippen molar-refractivity contribution in [3.05, 3.63) is 71.2 Å². The van der Waals surface area contributed by atoms with E-state index in [0.29, 0.717) is 10.7 Å². The molecule has 0 fully saturated rings. The van der Waals surface area contributed by atoms with Crippen LogP contribution in [0.15, 0.2) is 48.5 Å². The zero-order valence-corrected chi connectivity index (χ0v) is 16.4. The van der Waals surface area contributed by atoms with E-state index in [1.165, 1.54) is 17.6 Å². The molecule has 3 rings (SSSR count). The minimum absolute atomic E-state index is 0.0159. The number of nitrogens with one attached hydrogen (secondary N) is 2. The number of nitrogens with two attached hydrogens (primary N) is 2. The van der Waals surface area contributed by atoms with E-state index in [9.17, 15) is 14.0 Å². The lowest BCUT2D eigenvalue weighted by Crippen LogP contribution is -2.37. The molecule has 9 heteroatoms. The van der Waals surface area contributed by atoms with Gasteiger partial charge in [-0.1, -0.05) is 30.3 Å². The molecule has 2 aromatic carbocycles. The van der Waals surface area contributed by atoms with Crippen molar-refractivity contribution in [2.75, 3.05) is 10.6 Å². The number of hydrogen-bond acceptors (Lipinski definition) is 6. The topological polar surface area (TPSA) is 123 Å². The average Bonchev–Trinajstić information content (AvgIpc) is 3.08. The molecule has 29 heavy (non-hydrogen) atoms. The van der Waals surface area contributed by atoms with E-state index in [2.05, 4.69) is 15.0 Å². The zero-order chi connectivity index (χ0) is 21.0. The molecule has 0 saturated heterocycles. The number of carbonyl (C=O) groups excluding carboxylic acids is 2. The third-order valence-corrected chi connectivity index (χ3v) is 5.01. The van der Waals surface area contributed by atoms with Gasteiger partial charge in [-0.3, -0.25) is 9.59 Å². The van der Waals surface area contributed by atoms with Crippen LogP contribution >= 0.6 is 11.5 Å². The first-order chi connectivity index (χ1) is 13.8. The van der Waals surface area contributed by atoms with Crippen LogP contribution in [0.25, 0.3) is 0 Å². The van der Waals surface area contributed by atoms with Crippen LogP contribution < -0.4 is 22.1 Å². The molecular weight excluding hydrogens is 393 g/mol. The molecule has 150 valence electrons. The van der Waals surface area contributed by atoms with Gasteiger partial charge in [-0.2, -0.15) is 4.37 Å². The molecular formula is C20H20FN5O2S. The lowest BCUT2D eigenvalue weighted by Gasteiger charge is -2.19. The Kier molecular flexibility index (Phi) is 6.08. The van der Waals surface area contributed by atoms with E-state index in [1.54, 1.807) is 6.07 Å². The van der Waals surface area contributed by atoms with Crippen LogP contribution in [0.5, 0.6) is 0 Å². The number of benzene rings is 2. The van der Waals surface area contributed by atoms with Crippen molar-refractivity contribution in [3.63, 3.8) is 0 Å². The fourth-order valence-corrected chi connectivity index (χ4v) is 3.48. The van der Waals surface area contributed by atoms with Crippen LogP contribution in [0.4, 0.5) is 20.8 Å². The standard InChI is InChI=1S/C20H20FN5O2S/c1-11-7-18(29-26-11)25-15-10-16(14(21)9-13(15)19(22)27)24-17(20(23)28)8-12-5-3-2-4-6-12/h2-7,9-10,17,24-25H,8H2,1H3,(H2,22,27)(H2,23,28). The molecule has 7 nitrogen and oxygen atoms in total. The van der Waals surface area contributed by atoms with Crippen LogP contribution in [0, 0.1) is 12.7 Å². The Morgan fingerprint density at radius 1 is 1.14 bits per heavy atom. The van der Waals surface area contributed by atoms with Gasteiger partial charge in [0.1, 0.15) is 16.9 Å². The number of carbonyl (C=O) groups is 2. The van der Waals surface area contributed by atoms with Crippen LogP contribution in [0.3, 0.4) is 0 Å². The van der Waals surface area contributed by atoms with Gasteiger partial charge < -0.3 is 22.1 Å². The van der Waals surface area contributed by atoms with E-state index in [1.807, 2.05) is 37.3 Å². The molecule has 0 aliphatic rings. The normalized spacial score (nSPS) is 11.7. The Morgan fingerprint density at radius 2 is 1.86 bits per heavy atom. The summed E-state index contributed by atoms with van der Waals surface area (Å²) in [6, 6.07) is 12.6. The molecule has 6 N–H and O–H groups in total. The maximum atomic E-state index is 14.6. The molecule has 2 amide bonds. The van der Waals surface area contributed by atoms with Gasteiger partial charge in [0.15, 0.2) is 0 Å². The van der Waals surface area contributed by atoms with Gasteiger partial charge in [0.25, 0.3) is 5.91 Å². The maximum Gasteiger partial charge on any atom is 0.250 e. The van der Waals surface area contributed by atoms with Crippen molar-refractivity contribution in [1.29, 1.82) is 0 Å². The zero-order valence-electron chi connectivity index (χ0n) is 15.6. The molecule has 1 heterocycles. The second-order valence-corrected chi connectivity index (χ2v) is 7.29. The molecule has 0 saturated carbocycles. The first kappa shape index (κ1) is 20.3. The van der Waals surface area contributed by atoms with Crippen molar-refractivity contribution in [3.8, 4) is 0 Å². The summed E-state index contributed by atoms with van der Waals surface area (Å²) in [5.74, 6) is -2.13. The highest BCUT2D eigenvalue weighted by Gasteiger charge is 2.20. The lowest BCUT2D eigenvalue weighted by molar-refractivity contribution is -0.118. The largest absolute Gasteiger partial charge is 0.371 e. The van der Waals surface area contributed by atoms with Crippen molar-refractivity contribution in [1.82, 2.24) is 4.37 Å². The first-order valence-corrected chi connectivity index (χ1v) is 9.54. The van der Waals surface area contributed by atoms with Gasteiger partial charge in [0, 0.05) is 6.42 Å². The fraction of sp³-hybridized carbons (Fsp3) is 0.150.